The molecule has 0 bridgehead atoms. The lowest BCUT2D eigenvalue weighted by atomic mass is 10.1. The summed E-state index contributed by atoms with van der Waals surface area (Å²) in [5, 5.41) is 3.06. The van der Waals surface area contributed by atoms with Crippen molar-refractivity contribution in [1.82, 2.24) is 5.32 Å². The molecular weight excluding hydrogens is 255 g/mol. The van der Waals surface area contributed by atoms with Crippen molar-refractivity contribution in [2.45, 2.75) is 32.5 Å². The highest BCUT2D eigenvalue weighted by Crippen LogP contribution is 2.29. The number of alkyl halides is 3. The predicted octanol–water partition coefficient (Wildman–Crippen LogP) is 3.61. The zero-order valence-corrected chi connectivity index (χ0v) is 11.1. The summed E-state index contributed by atoms with van der Waals surface area (Å²) in [6.07, 6.45) is -2.15. The Bertz CT molecular complexity index is 366. The number of benzene rings is 1. The van der Waals surface area contributed by atoms with Crippen LogP contribution < -0.4 is 5.32 Å². The Labute approximate surface area is 112 Å². The largest absolute Gasteiger partial charge is 0.416 e. The van der Waals surface area contributed by atoms with Crippen LogP contribution in [0.3, 0.4) is 0 Å². The standard InChI is InChI=1S/C14H20F3NO/c1-2-3-8-19-9-7-18-11-12-5-4-6-13(10-12)14(15,16)17/h4-6,10,18H,2-3,7-9,11H2,1H3. The molecule has 0 spiro atoms. The number of unbranched alkanes of at least 4 members (excludes halogenated alkanes) is 1. The second-order valence-electron chi connectivity index (χ2n) is 4.34. The summed E-state index contributed by atoms with van der Waals surface area (Å²) < 4.78 is 42.8. The van der Waals surface area contributed by atoms with Crippen LogP contribution in [0.2, 0.25) is 0 Å². The summed E-state index contributed by atoms with van der Waals surface area (Å²) in [6, 6.07) is 5.36. The second kappa shape index (κ2) is 8.17. The van der Waals surface area contributed by atoms with Gasteiger partial charge in [-0.25, -0.2) is 0 Å². The third kappa shape index (κ3) is 6.59. The van der Waals surface area contributed by atoms with Crippen LogP contribution in [0, 0.1) is 0 Å². The van der Waals surface area contributed by atoms with Crippen LogP contribution >= 0.6 is 0 Å². The molecule has 0 aliphatic carbocycles. The molecule has 1 aromatic rings. The fraction of sp³-hybridized carbons (Fsp3) is 0.571. The van der Waals surface area contributed by atoms with E-state index in [2.05, 4.69) is 12.2 Å². The molecule has 0 amide bonds. The van der Waals surface area contributed by atoms with E-state index in [-0.39, 0.29) is 0 Å². The van der Waals surface area contributed by atoms with Crippen LogP contribution in [-0.4, -0.2) is 19.8 Å². The van der Waals surface area contributed by atoms with E-state index in [0.29, 0.717) is 25.3 Å². The maximum Gasteiger partial charge on any atom is 0.416 e. The maximum atomic E-state index is 12.5. The van der Waals surface area contributed by atoms with E-state index in [4.69, 9.17) is 4.74 Å². The average Bonchev–Trinajstić information content (AvgIpc) is 2.37. The fourth-order valence-electron chi connectivity index (χ4n) is 1.58. The van der Waals surface area contributed by atoms with Crippen molar-refractivity contribution in [3.05, 3.63) is 35.4 Å². The number of ether oxygens (including phenoxy) is 1. The second-order valence-corrected chi connectivity index (χ2v) is 4.34. The van der Waals surface area contributed by atoms with Gasteiger partial charge < -0.3 is 10.1 Å². The Balaban J connectivity index is 2.26. The Morgan fingerprint density at radius 1 is 1.21 bits per heavy atom. The average molecular weight is 275 g/mol. The molecule has 0 aliphatic rings. The van der Waals surface area contributed by atoms with Crippen LogP contribution in [0.15, 0.2) is 24.3 Å². The summed E-state index contributed by atoms with van der Waals surface area (Å²) in [7, 11) is 0. The van der Waals surface area contributed by atoms with Gasteiger partial charge in [-0.1, -0.05) is 31.5 Å². The molecule has 0 saturated heterocycles. The summed E-state index contributed by atoms with van der Waals surface area (Å²) >= 11 is 0. The van der Waals surface area contributed by atoms with E-state index in [1.165, 1.54) is 12.1 Å². The molecule has 0 radical (unpaired) electrons. The van der Waals surface area contributed by atoms with Gasteiger partial charge in [0.05, 0.1) is 12.2 Å². The minimum Gasteiger partial charge on any atom is -0.380 e. The lowest BCUT2D eigenvalue weighted by molar-refractivity contribution is -0.137. The third-order valence-electron chi connectivity index (χ3n) is 2.65. The Morgan fingerprint density at radius 2 is 2.00 bits per heavy atom. The van der Waals surface area contributed by atoms with Gasteiger partial charge in [0.25, 0.3) is 0 Å². The van der Waals surface area contributed by atoms with Gasteiger partial charge in [-0.2, -0.15) is 13.2 Å². The SMILES string of the molecule is CCCCOCCNCc1cccc(C(F)(F)F)c1. The molecule has 108 valence electrons. The number of hydrogen-bond acceptors (Lipinski definition) is 2. The number of nitrogens with one attached hydrogen (secondary N) is 1. The topological polar surface area (TPSA) is 21.3 Å². The van der Waals surface area contributed by atoms with Crippen molar-refractivity contribution in [2.24, 2.45) is 0 Å². The van der Waals surface area contributed by atoms with Crippen LogP contribution in [0.1, 0.15) is 30.9 Å². The van der Waals surface area contributed by atoms with E-state index >= 15 is 0 Å². The lowest BCUT2D eigenvalue weighted by Gasteiger charge is -2.09. The van der Waals surface area contributed by atoms with E-state index in [9.17, 15) is 13.2 Å². The van der Waals surface area contributed by atoms with Gasteiger partial charge in [0, 0.05) is 19.7 Å². The van der Waals surface area contributed by atoms with E-state index in [1.807, 2.05) is 0 Å². The van der Waals surface area contributed by atoms with Gasteiger partial charge in [0.2, 0.25) is 0 Å². The summed E-state index contributed by atoms with van der Waals surface area (Å²) in [6.45, 7) is 4.47. The van der Waals surface area contributed by atoms with Crippen molar-refractivity contribution < 1.29 is 17.9 Å². The summed E-state index contributed by atoms with van der Waals surface area (Å²) in [5.74, 6) is 0. The van der Waals surface area contributed by atoms with Crippen LogP contribution in [-0.2, 0) is 17.5 Å². The first-order chi connectivity index (χ1) is 9.04. The molecule has 19 heavy (non-hydrogen) atoms. The molecule has 0 atom stereocenters. The highest BCUT2D eigenvalue weighted by molar-refractivity contribution is 5.25. The van der Waals surface area contributed by atoms with Crippen LogP contribution in [0.25, 0.3) is 0 Å². The molecule has 1 aromatic carbocycles. The molecule has 0 aromatic heterocycles. The molecule has 0 unspecified atom stereocenters. The molecule has 0 aliphatic heterocycles. The molecule has 1 N–H and O–H groups in total. The molecule has 5 heteroatoms. The Hall–Kier alpha value is -1.07. The maximum absolute atomic E-state index is 12.5. The van der Waals surface area contributed by atoms with Gasteiger partial charge >= 0.3 is 6.18 Å². The van der Waals surface area contributed by atoms with Crippen molar-refractivity contribution >= 4 is 0 Å². The summed E-state index contributed by atoms with van der Waals surface area (Å²) in [4.78, 5) is 0. The molecular formula is C14H20F3NO. The first kappa shape index (κ1) is 16.0. The monoisotopic (exact) mass is 275 g/mol. The van der Waals surface area contributed by atoms with Gasteiger partial charge in [0.15, 0.2) is 0 Å². The fourth-order valence-corrected chi connectivity index (χ4v) is 1.58. The van der Waals surface area contributed by atoms with Crippen molar-refractivity contribution in [3.8, 4) is 0 Å². The Morgan fingerprint density at radius 3 is 2.68 bits per heavy atom. The normalized spacial score (nSPS) is 11.8. The highest BCUT2D eigenvalue weighted by atomic mass is 19.4. The summed E-state index contributed by atoms with van der Waals surface area (Å²) in [5.41, 5.74) is 0.0226. The predicted molar refractivity (Wildman–Crippen MR) is 68.9 cm³/mol. The lowest BCUT2D eigenvalue weighted by Crippen LogP contribution is -2.19. The zero-order chi connectivity index (χ0) is 14.1. The number of hydrogen-bond donors (Lipinski definition) is 1. The van der Waals surface area contributed by atoms with Crippen LogP contribution in [0.4, 0.5) is 13.2 Å². The van der Waals surface area contributed by atoms with Crippen molar-refractivity contribution in [3.63, 3.8) is 0 Å². The molecule has 0 heterocycles. The zero-order valence-electron chi connectivity index (χ0n) is 11.1. The number of halogens is 3. The van der Waals surface area contributed by atoms with Gasteiger partial charge in [0.1, 0.15) is 0 Å². The van der Waals surface area contributed by atoms with Gasteiger partial charge in [-0.05, 0) is 18.1 Å². The van der Waals surface area contributed by atoms with Crippen molar-refractivity contribution in [1.29, 1.82) is 0 Å². The first-order valence-electron chi connectivity index (χ1n) is 6.48. The Kier molecular flexibility index (Phi) is 6.87. The number of rotatable bonds is 8. The van der Waals surface area contributed by atoms with E-state index < -0.39 is 11.7 Å². The van der Waals surface area contributed by atoms with Gasteiger partial charge in [-0.15, -0.1) is 0 Å². The molecule has 1 rings (SSSR count). The molecule has 0 fully saturated rings. The van der Waals surface area contributed by atoms with E-state index in [1.54, 1.807) is 6.07 Å². The molecule has 0 saturated carbocycles. The van der Waals surface area contributed by atoms with Crippen molar-refractivity contribution in [2.75, 3.05) is 19.8 Å². The minimum atomic E-state index is -4.28. The molecule has 2 nitrogen and oxygen atoms in total. The van der Waals surface area contributed by atoms with E-state index in [0.717, 1.165) is 25.5 Å². The first-order valence-corrected chi connectivity index (χ1v) is 6.48. The highest BCUT2D eigenvalue weighted by Gasteiger charge is 2.30. The smallest absolute Gasteiger partial charge is 0.380 e. The van der Waals surface area contributed by atoms with Gasteiger partial charge in [-0.3, -0.25) is 0 Å². The van der Waals surface area contributed by atoms with Crippen LogP contribution in [0.5, 0.6) is 0 Å². The quantitative estimate of drug-likeness (QED) is 0.732. The third-order valence-corrected chi connectivity index (χ3v) is 2.65. The minimum absolute atomic E-state index is 0.418.